The maximum Gasteiger partial charge on any atom is 0.332 e. The van der Waals surface area contributed by atoms with E-state index in [-0.39, 0.29) is 5.57 Å². The van der Waals surface area contributed by atoms with E-state index in [0.717, 1.165) is 0 Å². The number of carbonyl (C=O) groups excluding carboxylic acids is 3. The summed E-state index contributed by atoms with van der Waals surface area (Å²) >= 11 is 0. The lowest BCUT2D eigenvalue weighted by atomic mass is 9.96. The largest absolute Gasteiger partial charge is 0.478 e. The first-order valence-electron chi connectivity index (χ1n) is 3.07. The van der Waals surface area contributed by atoms with Crippen molar-refractivity contribution in [1.29, 1.82) is 0 Å². The molecule has 0 aromatic carbocycles. The van der Waals surface area contributed by atoms with E-state index < -0.39 is 29.7 Å². The fourth-order valence-corrected chi connectivity index (χ4v) is 0.803. The Bertz CT molecular complexity index is 323. The van der Waals surface area contributed by atoms with Crippen LogP contribution < -0.4 is 0 Å². The Labute approximate surface area is 66.7 Å². The smallest absolute Gasteiger partial charge is 0.332 e. The molecule has 1 N–H and O–H groups in total. The standard InChI is InChI=1S/C7H4O5/c8-4-1-3(7(11)12)2-5(9)6(4)10/h1H,2H2,(H,11,12). The van der Waals surface area contributed by atoms with E-state index in [1.54, 1.807) is 0 Å². The Kier molecular flexibility index (Phi) is 1.86. The van der Waals surface area contributed by atoms with Crippen molar-refractivity contribution in [2.45, 2.75) is 6.42 Å². The highest BCUT2D eigenvalue weighted by atomic mass is 16.4. The first kappa shape index (κ1) is 8.32. The summed E-state index contributed by atoms with van der Waals surface area (Å²) in [5.74, 6) is -4.49. The lowest BCUT2D eigenvalue weighted by Gasteiger charge is -2.04. The molecule has 0 fully saturated rings. The van der Waals surface area contributed by atoms with Gasteiger partial charge < -0.3 is 5.11 Å². The number of hydrogen-bond acceptors (Lipinski definition) is 4. The molecule has 12 heavy (non-hydrogen) atoms. The normalized spacial score (nSPS) is 17.7. The summed E-state index contributed by atoms with van der Waals surface area (Å²) in [5, 5.41) is 8.38. The Balaban J connectivity index is 3.04. The highest BCUT2D eigenvalue weighted by Crippen LogP contribution is 2.09. The second-order valence-corrected chi connectivity index (χ2v) is 2.27. The molecule has 5 heteroatoms. The maximum absolute atomic E-state index is 10.6. The predicted molar refractivity (Wildman–Crippen MR) is 35.4 cm³/mol. The molecule has 0 amide bonds. The zero-order chi connectivity index (χ0) is 9.30. The van der Waals surface area contributed by atoms with Gasteiger partial charge in [-0.05, 0) is 0 Å². The van der Waals surface area contributed by atoms with Gasteiger partial charge in [0.1, 0.15) is 0 Å². The van der Waals surface area contributed by atoms with E-state index in [1.807, 2.05) is 0 Å². The van der Waals surface area contributed by atoms with Crippen LogP contribution in [0, 0.1) is 0 Å². The zero-order valence-electron chi connectivity index (χ0n) is 5.86. The maximum atomic E-state index is 10.6. The SMILES string of the molecule is O=C(O)C1=CC(=O)C(=O)C(=O)C1. The number of Topliss-reactive ketones (excluding diaryl/α,β-unsaturated/α-hetero) is 2. The number of carboxylic acid groups (broad SMARTS) is 1. The first-order valence-corrected chi connectivity index (χ1v) is 3.07. The number of hydrogen-bond donors (Lipinski definition) is 1. The van der Waals surface area contributed by atoms with Crippen molar-refractivity contribution in [3.8, 4) is 0 Å². The van der Waals surface area contributed by atoms with Crippen molar-refractivity contribution in [2.24, 2.45) is 0 Å². The van der Waals surface area contributed by atoms with E-state index in [2.05, 4.69) is 0 Å². The molecule has 0 aromatic heterocycles. The van der Waals surface area contributed by atoms with Gasteiger partial charge in [-0.25, -0.2) is 4.79 Å². The molecule has 1 aliphatic carbocycles. The number of carbonyl (C=O) groups is 4. The minimum Gasteiger partial charge on any atom is -0.478 e. The predicted octanol–water partition coefficient (Wildman–Crippen LogP) is -0.892. The average molecular weight is 168 g/mol. The van der Waals surface area contributed by atoms with Crippen LogP contribution in [-0.4, -0.2) is 28.4 Å². The quantitative estimate of drug-likeness (QED) is 0.513. The number of ketones is 3. The lowest BCUT2D eigenvalue weighted by Crippen LogP contribution is -2.29. The molecule has 0 spiro atoms. The molecule has 1 aliphatic rings. The van der Waals surface area contributed by atoms with Crippen LogP contribution in [0.25, 0.3) is 0 Å². The minimum atomic E-state index is -1.34. The van der Waals surface area contributed by atoms with Crippen molar-refractivity contribution >= 4 is 23.3 Å². The Hall–Kier alpha value is -1.78. The molecule has 0 radical (unpaired) electrons. The molecule has 0 heterocycles. The minimum absolute atomic E-state index is 0.329. The molecular formula is C7H4O5. The molecule has 0 aromatic rings. The molecule has 0 unspecified atom stereocenters. The summed E-state index contributed by atoms with van der Waals surface area (Å²) in [6.45, 7) is 0. The third-order valence-electron chi connectivity index (χ3n) is 1.41. The summed E-state index contributed by atoms with van der Waals surface area (Å²) in [6.07, 6.45) is 0.200. The summed E-state index contributed by atoms with van der Waals surface area (Å²) in [7, 11) is 0. The van der Waals surface area contributed by atoms with Gasteiger partial charge in [0.15, 0.2) is 0 Å². The van der Waals surface area contributed by atoms with Crippen LogP contribution in [0.4, 0.5) is 0 Å². The van der Waals surface area contributed by atoms with E-state index in [9.17, 15) is 19.2 Å². The van der Waals surface area contributed by atoms with Crippen LogP contribution in [0.5, 0.6) is 0 Å². The number of rotatable bonds is 1. The monoisotopic (exact) mass is 168 g/mol. The third kappa shape index (κ3) is 1.29. The van der Waals surface area contributed by atoms with Gasteiger partial charge in [0.25, 0.3) is 5.78 Å². The lowest BCUT2D eigenvalue weighted by molar-refractivity contribution is -0.143. The molecule has 0 aliphatic heterocycles. The number of aliphatic carboxylic acids is 1. The Morgan fingerprint density at radius 3 is 2.33 bits per heavy atom. The van der Waals surface area contributed by atoms with Crippen LogP contribution >= 0.6 is 0 Å². The average Bonchev–Trinajstić information content (AvgIpc) is 1.99. The van der Waals surface area contributed by atoms with Gasteiger partial charge >= 0.3 is 5.97 Å². The fourth-order valence-electron chi connectivity index (χ4n) is 0.803. The third-order valence-corrected chi connectivity index (χ3v) is 1.41. The molecule has 0 bridgehead atoms. The molecule has 1 rings (SSSR count). The Morgan fingerprint density at radius 1 is 1.33 bits per heavy atom. The van der Waals surface area contributed by atoms with Gasteiger partial charge in [0.05, 0.1) is 0 Å². The van der Waals surface area contributed by atoms with Gasteiger partial charge in [-0.3, -0.25) is 14.4 Å². The first-order chi connectivity index (χ1) is 5.52. The highest BCUT2D eigenvalue weighted by molar-refractivity contribution is 6.67. The van der Waals surface area contributed by atoms with Gasteiger partial charge in [-0.15, -0.1) is 0 Å². The number of carboxylic acids is 1. The topological polar surface area (TPSA) is 88.5 Å². The van der Waals surface area contributed by atoms with Crippen molar-refractivity contribution in [3.05, 3.63) is 11.6 Å². The van der Waals surface area contributed by atoms with Crippen molar-refractivity contribution in [2.75, 3.05) is 0 Å². The summed E-state index contributed by atoms with van der Waals surface area (Å²) in [4.78, 5) is 42.1. The van der Waals surface area contributed by atoms with Gasteiger partial charge in [-0.2, -0.15) is 0 Å². The second-order valence-electron chi connectivity index (χ2n) is 2.27. The van der Waals surface area contributed by atoms with Crippen LogP contribution in [0.3, 0.4) is 0 Å². The summed E-state index contributed by atoms with van der Waals surface area (Å²) in [5.41, 5.74) is -0.329. The fraction of sp³-hybridized carbons (Fsp3) is 0.143. The van der Waals surface area contributed by atoms with Crippen LogP contribution in [0.2, 0.25) is 0 Å². The van der Waals surface area contributed by atoms with Crippen molar-refractivity contribution in [3.63, 3.8) is 0 Å². The Morgan fingerprint density at radius 2 is 1.92 bits per heavy atom. The molecule has 0 saturated carbocycles. The molecule has 62 valence electrons. The van der Waals surface area contributed by atoms with Gasteiger partial charge in [0.2, 0.25) is 11.6 Å². The van der Waals surface area contributed by atoms with Crippen molar-refractivity contribution in [1.82, 2.24) is 0 Å². The second kappa shape index (κ2) is 2.69. The van der Waals surface area contributed by atoms with Crippen LogP contribution in [0.1, 0.15) is 6.42 Å². The molecule has 5 nitrogen and oxygen atoms in total. The van der Waals surface area contributed by atoms with E-state index in [4.69, 9.17) is 5.11 Å². The van der Waals surface area contributed by atoms with E-state index in [0.29, 0.717) is 6.08 Å². The van der Waals surface area contributed by atoms with Gasteiger partial charge in [0, 0.05) is 18.1 Å². The zero-order valence-corrected chi connectivity index (χ0v) is 5.86. The van der Waals surface area contributed by atoms with E-state index >= 15 is 0 Å². The van der Waals surface area contributed by atoms with E-state index in [1.165, 1.54) is 0 Å². The molecular weight excluding hydrogens is 164 g/mol. The van der Waals surface area contributed by atoms with Crippen LogP contribution in [-0.2, 0) is 19.2 Å². The summed E-state index contributed by atoms with van der Waals surface area (Å²) in [6, 6.07) is 0. The number of allylic oxidation sites excluding steroid dienone is 1. The summed E-state index contributed by atoms with van der Waals surface area (Å²) < 4.78 is 0. The van der Waals surface area contributed by atoms with Crippen LogP contribution in [0.15, 0.2) is 11.6 Å². The van der Waals surface area contributed by atoms with Crippen molar-refractivity contribution < 1.29 is 24.3 Å². The van der Waals surface area contributed by atoms with Gasteiger partial charge in [-0.1, -0.05) is 0 Å². The molecule has 0 atom stereocenters. The molecule has 0 saturated heterocycles. The highest BCUT2D eigenvalue weighted by Gasteiger charge is 2.29.